The zero-order valence-electron chi connectivity index (χ0n) is 15.9. The maximum Gasteiger partial charge on any atom is 0.255 e. The number of pyridine rings is 1. The van der Waals surface area contributed by atoms with E-state index in [2.05, 4.69) is 10.3 Å². The Bertz CT molecular complexity index is 955. The molecule has 3 N–H and O–H groups in total. The molecule has 0 atom stereocenters. The molecule has 0 radical (unpaired) electrons. The number of nitrogens with two attached hydrogens (primary N) is 1. The van der Waals surface area contributed by atoms with Crippen LogP contribution in [-0.4, -0.2) is 17.5 Å². The number of hydrogen-bond donors (Lipinski definition) is 2. The number of hydrogen-bond acceptors (Lipinski definition) is 5. The summed E-state index contributed by atoms with van der Waals surface area (Å²) in [5, 5.41) is 2.85. The van der Waals surface area contributed by atoms with Crippen molar-refractivity contribution in [2.45, 2.75) is 20.4 Å². The molecule has 0 spiro atoms. The lowest BCUT2D eigenvalue weighted by atomic mass is 10.2. The second kappa shape index (κ2) is 8.90. The van der Waals surface area contributed by atoms with Gasteiger partial charge in [0.15, 0.2) is 0 Å². The standard InChI is InChI=1S/C22H23N3O3/c1-3-27-18-5-4-6-19(13-18)28-17-10-8-16(9-11-17)14-24-22(26)20-12-7-15(2)25-21(20)23/h4-13H,3,14H2,1-2H3,(H2,23,25)(H,24,26). The van der Waals surface area contributed by atoms with Crippen LogP contribution in [0.15, 0.2) is 60.7 Å². The normalized spacial score (nSPS) is 10.4. The van der Waals surface area contributed by atoms with E-state index in [0.717, 1.165) is 17.0 Å². The molecule has 0 unspecified atom stereocenters. The number of carbonyl (C=O) groups excluding carboxylic acids is 1. The Morgan fingerprint density at radius 2 is 1.79 bits per heavy atom. The van der Waals surface area contributed by atoms with Crippen molar-refractivity contribution >= 4 is 11.7 Å². The lowest BCUT2D eigenvalue weighted by molar-refractivity contribution is 0.0951. The molecule has 6 heteroatoms. The van der Waals surface area contributed by atoms with Gasteiger partial charge in [0.2, 0.25) is 0 Å². The highest BCUT2D eigenvalue weighted by molar-refractivity contribution is 5.98. The molecule has 3 rings (SSSR count). The molecule has 0 aliphatic rings. The summed E-state index contributed by atoms with van der Waals surface area (Å²) in [4.78, 5) is 16.4. The van der Waals surface area contributed by atoms with Crippen LogP contribution in [0.25, 0.3) is 0 Å². The van der Waals surface area contributed by atoms with Crippen molar-refractivity contribution in [3.63, 3.8) is 0 Å². The molecule has 0 fully saturated rings. The predicted octanol–water partition coefficient (Wildman–Crippen LogP) is 4.09. The van der Waals surface area contributed by atoms with Crippen LogP contribution in [0, 0.1) is 6.92 Å². The summed E-state index contributed by atoms with van der Waals surface area (Å²) in [6, 6.07) is 18.5. The van der Waals surface area contributed by atoms with E-state index in [1.165, 1.54) is 0 Å². The number of aryl methyl sites for hydroxylation is 1. The van der Waals surface area contributed by atoms with Gasteiger partial charge in [-0.25, -0.2) is 4.98 Å². The summed E-state index contributed by atoms with van der Waals surface area (Å²) >= 11 is 0. The Kier molecular flexibility index (Phi) is 6.11. The van der Waals surface area contributed by atoms with Crippen molar-refractivity contribution in [1.82, 2.24) is 10.3 Å². The van der Waals surface area contributed by atoms with Gasteiger partial charge in [-0.15, -0.1) is 0 Å². The molecular weight excluding hydrogens is 354 g/mol. The van der Waals surface area contributed by atoms with Gasteiger partial charge in [0.1, 0.15) is 23.1 Å². The molecule has 28 heavy (non-hydrogen) atoms. The van der Waals surface area contributed by atoms with Gasteiger partial charge < -0.3 is 20.5 Å². The van der Waals surface area contributed by atoms with Crippen molar-refractivity contribution in [2.75, 3.05) is 12.3 Å². The summed E-state index contributed by atoms with van der Waals surface area (Å²) in [7, 11) is 0. The number of nitrogens with one attached hydrogen (secondary N) is 1. The fourth-order valence-electron chi connectivity index (χ4n) is 2.65. The number of amides is 1. The van der Waals surface area contributed by atoms with E-state index >= 15 is 0 Å². The van der Waals surface area contributed by atoms with E-state index in [-0.39, 0.29) is 11.7 Å². The molecule has 0 saturated carbocycles. The number of carbonyl (C=O) groups is 1. The third-order valence-corrected chi connectivity index (χ3v) is 4.04. The van der Waals surface area contributed by atoms with Crippen molar-refractivity contribution in [2.24, 2.45) is 0 Å². The molecule has 0 bridgehead atoms. The van der Waals surface area contributed by atoms with E-state index in [0.29, 0.717) is 30.2 Å². The summed E-state index contributed by atoms with van der Waals surface area (Å²) in [6.07, 6.45) is 0. The maximum atomic E-state index is 12.3. The molecule has 3 aromatic rings. The predicted molar refractivity (Wildman–Crippen MR) is 109 cm³/mol. The van der Waals surface area contributed by atoms with E-state index in [9.17, 15) is 4.79 Å². The smallest absolute Gasteiger partial charge is 0.255 e. The number of anilines is 1. The molecule has 144 valence electrons. The van der Waals surface area contributed by atoms with Gasteiger partial charge in [-0.2, -0.15) is 0 Å². The van der Waals surface area contributed by atoms with Crippen molar-refractivity contribution in [3.8, 4) is 17.2 Å². The lowest BCUT2D eigenvalue weighted by Crippen LogP contribution is -2.24. The van der Waals surface area contributed by atoms with Crippen molar-refractivity contribution in [1.29, 1.82) is 0 Å². The first-order valence-corrected chi connectivity index (χ1v) is 9.06. The van der Waals surface area contributed by atoms with Crippen LogP contribution in [0.5, 0.6) is 17.2 Å². The molecule has 6 nitrogen and oxygen atoms in total. The summed E-state index contributed by atoms with van der Waals surface area (Å²) in [6.45, 7) is 4.75. The first-order valence-electron chi connectivity index (χ1n) is 9.06. The van der Waals surface area contributed by atoms with Crippen LogP contribution in [0.4, 0.5) is 5.82 Å². The Hall–Kier alpha value is -3.54. The summed E-state index contributed by atoms with van der Waals surface area (Å²) in [5.74, 6) is 2.16. The number of benzene rings is 2. The Morgan fingerprint density at radius 1 is 1.04 bits per heavy atom. The van der Waals surface area contributed by atoms with Crippen molar-refractivity contribution < 1.29 is 14.3 Å². The summed E-state index contributed by atoms with van der Waals surface area (Å²) < 4.78 is 11.3. The van der Waals surface area contributed by atoms with Gasteiger partial charge in [0.25, 0.3) is 5.91 Å². The van der Waals surface area contributed by atoms with E-state index in [4.69, 9.17) is 15.2 Å². The van der Waals surface area contributed by atoms with Gasteiger partial charge in [0.05, 0.1) is 12.2 Å². The first kappa shape index (κ1) is 19.2. The van der Waals surface area contributed by atoms with Gasteiger partial charge >= 0.3 is 0 Å². The minimum atomic E-state index is -0.252. The molecule has 0 aliphatic heterocycles. The number of aromatic nitrogens is 1. The Balaban J connectivity index is 1.58. The van der Waals surface area contributed by atoms with Gasteiger partial charge in [-0.3, -0.25) is 4.79 Å². The van der Waals surface area contributed by atoms with Crippen LogP contribution >= 0.6 is 0 Å². The second-order valence-electron chi connectivity index (χ2n) is 6.22. The van der Waals surface area contributed by atoms with Crippen molar-refractivity contribution in [3.05, 3.63) is 77.5 Å². The average Bonchev–Trinajstić information content (AvgIpc) is 2.68. The van der Waals surface area contributed by atoms with Crippen LogP contribution in [0.1, 0.15) is 28.5 Å². The van der Waals surface area contributed by atoms with Crippen LogP contribution in [0.3, 0.4) is 0 Å². The fraction of sp³-hybridized carbons (Fsp3) is 0.182. The molecule has 1 heterocycles. The van der Waals surface area contributed by atoms with E-state index in [1.54, 1.807) is 12.1 Å². The summed E-state index contributed by atoms with van der Waals surface area (Å²) in [5.41, 5.74) is 7.91. The monoisotopic (exact) mass is 377 g/mol. The molecule has 0 saturated heterocycles. The third-order valence-electron chi connectivity index (χ3n) is 4.04. The van der Waals surface area contributed by atoms with Crippen LogP contribution in [0.2, 0.25) is 0 Å². The first-order chi connectivity index (χ1) is 13.5. The van der Waals surface area contributed by atoms with Gasteiger partial charge in [-0.05, 0) is 55.8 Å². The number of nitrogens with zero attached hydrogens (tertiary/aromatic N) is 1. The molecule has 1 amide bonds. The molecule has 0 aliphatic carbocycles. The van der Waals surface area contributed by atoms with Gasteiger partial charge in [0, 0.05) is 18.3 Å². The highest BCUT2D eigenvalue weighted by atomic mass is 16.5. The third kappa shape index (κ3) is 5.01. The zero-order chi connectivity index (χ0) is 19.9. The minimum Gasteiger partial charge on any atom is -0.494 e. The van der Waals surface area contributed by atoms with Crippen LogP contribution in [-0.2, 0) is 6.54 Å². The van der Waals surface area contributed by atoms with Crippen LogP contribution < -0.4 is 20.5 Å². The quantitative estimate of drug-likeness (QED) is 0.647. The highest BCUT2D eigenvalue weighted by Crippen LogP contribution is 2.25. The van der Waals surface area contributed by atoms with E-state index < -0.39 is 0 Å². The van der Waals surface area contributed by atoms with Gasteiger partial charge in [-0.1, -0.05) is 18.2 Å². The molecule has 2 aromatic carbocycles. The highest BCUT2D eigenvalue weighted by Gasteiger charge is 2.10. The lowest BCUT2D eigenvalue weighted by Gasteiger charge is -2.10. The average molecular weight is 377 g/mol. The Morgan fingerprint density at radius 3 is 2.50 bits per heavy atom. The second-order valence-corrected chi connectivity index (χ2v) is 6.22. The molecule has 1 aromatic heterocycles. The number of rotatable bonds is 7. The molecular formula is C22H23N3O3. The minimum absolute atomic E-state index is 0.232. The largest absolute Gasteiger partial charge is 0.494 e. The SMILES string of the molecule is CCOc1cccc(Oc2ccc(CNC(=O)c3ccc(C)nc3N)cc2)c1. The maximum absolute atomic E-state index is 12.3. The number of ether oxygens (including phenoxy) is 2. The Labute approximate surface area is 164 Å². The number of nitrogen functional groups attached to an aromatic ring is 1. The fourth-order valence-corrected chi connectivity index (χ4v) is 2.65. The zero-order valence-corrected chi connectivity index (χ0v) is 15.9. The topological polar surface area (TPSA) is 86.5 Å². The van der Waals surface area contributed by atoms with E-state index in [1.807, 2.05) is 62.4 Å².